The van der Waals surface area contributed by atoms with Crippen LogP contribution in [-0.4, -0.2) is 111 Å². The van der Waals surface area contributed by atoms with Crippen LogP contribution in [0.1, 0.15) is 56.1 Å². The summed E-state index contributed by atoms with van der Waals surface area (Å²) in [6.45, 7) is 4.80. The molecule has 1 saturated heterocycles. The van der Waals surface area contributed by atoms with Crippen molar-refractivity contribution in [1.82, 2.24) is 36.5 Å². The van der Waals surface area contributed by atoms with Crippen molar-refractivity contribution < 1.29 is 41.9 Å². The topological polar surface area (TPSA) is 246 Å². The SMILES string of the molecule is CC(C)(C)OC(=O)NCCNC(=O)[C@@H]1CCCN1C(=O)CNC(=O)CNC(=O)CCNC(=O)c1ccc(C#N)c(S(C)(=O)=O)n1. The number of pyridine rings is 1. The lowest BCUT2D eigenvalue weighted by molar-refractivity contribution is -0.138. The Hall–Kier alpha value is -4.79. The van der Waals surface area contributed by atoms with Gasteiger partial charge >= 0.3 is 6.09 Å². The van der Waals surface area contributed by atoms with Gasteiger partial charge in [0.05, 0.1) is 18.7 Å². The van der Waals surface area contributed by atoms with Crippen LogP contribution in [0, 0.1) is 11.3 Å². The minimum Gasteiger partial charge on any atom is -0.444 e. The summed E-state index contributed by atoms with van der Waals surface area (Å²) in [4.78, 5) is 78.6. The maximum Gasteiger partial charge on any atom is 0.407 e. The summed E-state index contributed by atoms with van der Waals surface area (Å²) in [6, 6.07) is 3.30. The van der Waals surface area contributed by atoms with Gasteiger partial charge in [-0.25, -0.2) is 18.2 Å². The van der Waals surface area contributed by atoms with Crippen LogP contribution in [0.3, 0.4) is 0 Å². The van der Waals surface area contributed by atoms with Crippen molar-refractivity contribution in [2.75, 3.05) is 45.5 Å². The van der Waals surface area contributed by atoms with Gasteiger partial charge in [-0.15, -0.1) is 0 Å². The monoisotopic (exact) mass is 650 g/mol. The van der Waals surface area contributed by atoms with E-state index >= 15 is 0 Å². The Labute approximate surface area is 260 Å². The molecule has 0 unspecified atom stereocenters. The van der Waals surface area contributed by atoms with Gasteiger partial charge in [-0.1, -0.05) is 0 Å². The molecule has 1 aromatic heterocycles. The summed E-state index contributed by atoms with van der Waals surface area (Å²) >= 11 is 0. The van der Waals surface area contributed by atoms with Gasteiger partial charge in [0, 0.05) is 38.9 Å². The molecular formula is C27H38N8O9S. The van der Waals surface area contributed by atoms with Crippen molar-refractivity contribution in [3.05, 3.63) is 23.4 Å². The molecule has 0 spiro atoms. The summed E-state index contributed by atoms with van der Waals surface area (Å²) in [5, 5.41) is 20.8. The third-order valence-corrected chi connectivity index (χ3v) is 7.07. The van der Waals surface area contributed by atoms with E-state index in [9.17, 15) is 37.2 Å². The average molecular weight is 651 g/mol. The van der Waals surface area contributed by atoms with Crippen molar-refractivity contribution in [1.29, 1.82) is 5.26 Å². The summed E-state index contributed by atoms with van der Waals surface area (Å²) in [5.74, 6) is -2.86. The number of carbonyl (C=O) groups excluding carboxylic acids is 6. The fourth-order valence-electron chi connectivity index (χ4n) is 4.04. The van der Waals surface area contributed by atoms with Crippen LogP contribution in [-0.2, 0) is 33.8 Å². The van der Waals surface area contributed by atoms with Gasteiger partial charge in [0.1, 0.15) is 23.4 Å². The molecule has 246 valence electrons. The molecule has 0 aliphatic carbocycles. The molecule has 0 aromatic carbocycles. The molecule has 0 radical (unpaired) electrons. The van der Waals surface area contributed by atoms with E-state index < -0.39 is 62.8 Å². The van der Waals surface area contributed by atoms with Crippen LogP contribution in [0.4, 0.5) is 4.79 Å². The molecule has 1 aliphatic rings. The second-order valence-corrected chi connectivity index (χ2v) is 12.9. The predicted octanol–water partition coefficient (Wildman–Crippen LogP) is -1.66. The highest BCUT2D eigenvalue weighted by atomic mass is 32.2. The molecule has 5 N–H and O–H groups in total. The van der Waals surface area contributed by atoms with E-state index in [1.54, 1.807) is 26.8 Å². The van der Waals surface area contributed by atoms with Gasteiger partial charge in [-0.05, 0) is 45.7 Å². The zero-order valence-corrected chi connectivity index (χ0v) is 26.3. The maximum absolute atomic E-state index is 12.7. The Kier molecular flexibility index (Phi) is 13.2. The first kappa shape index (κ1) is 36.4. The van der Waals surface area contributed by atoms with Crippen molar-refractivity contribution in [3.8, 4) is 6.07 Å². The number of rotatable bonds is 13. The number of carbonyl (C=O) groups is 6. The average Bonchev–Trinajstić information content (AvgIpc) is 3.45. The molecule has 1 fully saturated rings. The van der Waals surface area contributed by atoms with Crippen LogP contribution in [0.2, 0.25) is 0 Å². The first-order valence-electron chi connectivity index (χ1n) is 14.0. The lowest BCUT2D eigenvalue weighted by atomic mass is 10.2. The number of amides is 6. The highest BCUT2D eigenvalue weighted by Crippen LogP contribution is 2.17. The van der Waals surface area contributed by atoms with E-state index in [0.717, 1.165) is 12.3 Å². The normalized spacial score (nSPS) is 14.5. The number of likely N-dealkylation sites (tertiary alicyclic amines) is 1. The Morgan fingerprint density at radius 1 is 0.978 bits per heavy atom. The molecule has 0 saturated carbocycles. The second-order valence-electron chi connectivity index (χ2n) is 11.0. The zero-order valence-electron chi connectivity index (χ0n) is 25.5. The van der Waals surface area contributed by atoms with E-state index in [4.69, 9.17) is 10.00 Å². The van der Waals surface area contributed by atoms with E-state index in [1.165, 1.54) is 11.0 Å². The molecule has 1 atom stereocenters. The minimum atomic E-state index is -3.86. The van der Waals surface area contributed by atoms with Crippen LogP contribution in [0.15, 0.2) is 17.2 Å². The molecule has 18 heteroatoms. The number of nitrogens with zero attached hydrogens (tertiary/aromatic N) is 3. The first-order chi connectivity index (χ1) is 21.0. The van der Waals surface area contributed by atoms with Crippen LogP contribution >= 0.6 is 0 Å². The summed E-state index contributed by atoms with van der Waals surface area (Å²) in [7, 11) is -3.86. The summed E-state index contributed by atoms with van der Waals surface area (Å²) < 4.78 is 28.8. The Morgan fingerprint density at radius 3 is 2.29 bits per heavy atom. The smallest absolute Gasteiger partial charge is 0.407 e. The standard InChI is InChI=1S/C27H38N8O9S/c1-27(2,3)44-26(41)31-12-11-30-24(40)19-6-5-13-35(19)22(38)16-33-21(37)15-32-20(36)9-10-29-23(39)18-8-7-17(14-28)25(34-18)45(4,42)43/h7-8,19H,5-6,9-13,15-16H2,1-4H3,(H,29,39)(H,30,40)(H,31,41)(H,32,36)(H,33,37)/t19-/m0/s1. The van der Waals surface area contributed by atoms with Gasteiger partial charge in [-0.2, -0.15) is 5.26 Å². The van der Waals surface area contributed by atoms with Crippen LogP contribution < -0.4 is 26.6 Å². The molecule has 6 amide bonds. The molecule has 1 aromatic rings. The number of nitriles is 1. The van der Waals surface area contributed by atoms with Crippen molar-refractivity contribution in [3.63, 3.8) is 0 Å². The number of hydrogen-bond acceptors (Lipinski definition) is 11. The van der Waals surface area contributed by atoms with E-state index in [2.05, 4.69) is 31.6 Å². The number of hydrogen-bond donors (Lipinski definition) is 5. The van der Waals surface area contributed by atoms with Crippen LogP contribution in [0.5, 0.6) is 0 Å². The number of alkyl carbamates (subject to hydrolysis) is 1. The number of nitrogens with one attached hydrogen (secondary N) is 5. The molecule has 17 nitrogen and oxygen atoms in total. The van der Waals surface area contributed by atoms with Gasteiger partial charge in [-0.3, -0.25) is 24.0 Å². The van der Waals surface area contributed by atoms with Gasteiger partial charge in [0.25, 0.3) is 5.91 Å². The lowest BCUT2D eigenvalue weighted by Gasteiger charge is -2.24. The second kappa shape index (κ2) is 16.3. The third-order valence-electron chi connectivity index (χ3n) is 6.05. The quantitative estimate of drug-likeness (QED) is 0.151. The third kappa shape index (κ3) is 12.4. The number of aromatic nitrogens is 1. The largest absolute Gasteiger partial charge is 0.444 e. The Morgan fingerprint density at radius 2 is 1.64 bits per heavy atom. The minimum absolute atomic E-state index is 0.132. The summed E-state index contributed by atoms with van der Waals surface area (Å²) in [6.07, 6.45) is 1.06. The van der Waals surface area contributed by atoms with Crippen molar-refractivity contribution in [2.45, 2.75) is 56.7 Å². The number of ether oxygens (including phenoxy) is 1. The molecule has 45 heavy (non-hydrogen) atoms. The van der Waals surface area contributed by atoms with Gasteiger partial charge < -0.3 is 36.2 Å². The molecule has 2 rings (SSSR count). The molecule has 2 heterocycles. The predicted molar refractivity (Wildman–Crippen MR) is 157 cm³/mol. The van der Waals surface area contributed by atoms with Crippen LogP contribution in [0.25, 0.3) is 0 Å². The maximum atomic E-state index is 12.7. The Balaban J connectivity index is 1.69. The number of sulfone groups is 1. The van der Waals surface area contributed by atoms with E-state index in [-0.39, 0.29) is 49.8 Å². The molecule has 1 aliphatic heterocycles. The molecular weight excluding hydrogens is 612 g/mol. The van der Waals surface area contributed by atoms with Gasteiger partial charge in [0.15, 0.2) is 14.9 Å². The highest BCUT2D eigenvalue weighted by molar-refractivity contribution is 7.90. The fourth-order valence-corrected chi connectivity index (χ4v) is 4.82. The molecule has 0 bridgehead atoms. The highest BCUT2D eigenvalue weighted by Gasteiger charge is 2.33. The zero-order chi connectivity index (χ0) is 33.8. The van der Waals surface area contributed by atoms with Crippen molar-refractivity contribution in [2.24, 2.45) is 0 Å². The fraction of sp³-hybridized carbons (Fsp3) is 0.556. The van der Waals surface area contributed by atoms with Crippen molar-refractivity contribution >= 4 is 45.5 Å². The summed E-state index contributed by atoms with van der Waals surface area (Å²) in [5.41, 5.74) is -1.12. The van der Waals surface area contributed by atoms with E-state index in [0.29, 0.717) is 19.4 Å². The first-order valence-corrected chi connectivity index (χ1v) is 15.9. The van der Waals surface area contributed by atoms with E-state index in [1.807, 2.05) is 0 Å². The Bertz CT molecular complexity index is 1450. The lowest BCUT2D eigenvalue weighted by Crippen LogP contribution is -2.50. The van der Waals surface area contributed by atoms with Gasteiger partial charge in [0.2, 0.25) is 23.6 Å².